The van der Waals surface area contributed by atoms with Crippen LogP contribution in [0.3, 0.4) is 0 Å². The van der Waals surface area contributed by atoms with Crippen molar-refractivity contribution in [3.8, 4) is 28.0 Å². The van der Waals surface area contributed by atoms with Crippen LogP contribution in [0.15, 0.2) is 48.7 Å². The van der Waals surface area contributed by atoms with E-state index in [-0.39, 0.29) is 5.75 Å². The number of aromatic nitrogens is 1. The zero-order valence-corrected chi connectivity index (χ0v) is 21.7. The largest absolute Gasteiger partial charge is 0.507 e. The first kappa shape index (κ1) is 27.7. The van der Waals surface area contributed by atoms with Crippen molar-refractivity contribution in [2.24, 2.45) is 0 Å². The molecule has 2 aromatic carbocycles. The van der Waals surface area contributed by atoms with E-state index in [1.54, 1.807) is 37.6 Å². The van der Waals surface area contributed by atoms with Crippen LogP contribution in [0.2, 0.25) is 5.02 Å². The summed E-state index contributed by atoms with van der Waals surface area (Å²) in [6.07, 6.45) is 3.81. The van der Waals surface area contributed by atoms with E-state index in [0.29, 0.717) is 52.5 Å². The minimum Gasteiger partial charge on any atom is -0.507 e. The average Bonchev–Trinajstić information content (AvgIpc) is 2.92. The molecule has 2 heterocycles. The zero-order chi connectivity index (χ0) is 26.1. The van der Waals surface area contributed by atoms with Crippen LogP contribution in [0.4, 0.5) is 15.9 Å². The number of benzene rings is 2. The molecule has 4 rings (SSSR count). The Morgan fingerprint density at radius 2 is 1.81 bits per heavy atom. The number of hydrogen-bond donors (Lipinski definition) is 2. The third kappa shape index (κ3) is 6.44. The molecule has 1 amide bonds. The Labute approximate surface area is 220 Å². The van der Waals surface area contributed by atoms with Crippen LogP contribution in [-0.2, 0) is 9.53 Å². The summed E-state index contributed by atoms with van der Waals surface area (Å²) in [5.41, 5.74) is 2.36. The second-order valence-corrected chi connectivity index (χ2v) is 8.35. The molecule has 2 N–H and O–H groups in total. The van der Waals surface area contributed by atoms with Crippen molar-refractivity contribution < 1.29 is 19.0 Å². The molecule has 1 aliphatic rings. The number of amides is 1. The summed E-state index contributed by atoms with van der Waals surface area (Å²) in [6, 6.07) is 11.2. The van der Waals surface area contributed by atoms with E-state index in [4.69, 9.17) is 16.3 Å². The van der Waals surface area contributed by atoms with E-state index in [9.17, 15) is 14.3 Å². The van der Waals surface area contributed by atoms with Gasteiger partial charge < -0.3 is 25.0 Å². The van der Waals surface area contributed by atoms with Gasteiger partial charge in [-0.25, -0.2) is 9.37 Å². The van der Waals surface area contributed by atoms with Gasteiger partial charge in [-0.3, -0.25) is 4.79 Å². The molecular formula is C26H29Cl2FN4O3. The number of piperazine rings is 1. The second kappa shape index (κ2) is 13.4. The normalized spacial score (nSPS) is 13.1. The Kier molecular flexibility index (Phi) is 10.3. The van der Waals surface area contributed by atoms with Gasteiger partial charge in [-0.2, -0.15) is 0 Å². The minimum atomic E-state index is -0.488. The number of phenolic OH excluding ortho intramolecular Hbond substituents is 1. The first-order valence-electron chi connectivity index (χ1n) is 11.3. The van der Waals surface area contributed by atoms with Crippen molar-refractivity contribution in [3.05, 3.63) is 59.5 Å². The molecule has 1 saturated heterocycles. The first-order chi connectivity index (χ1) is 17.5. The van der Waals surface area contributed by atoms with Gasteiger partial charge in [0.15, 0.2) is 0 Å². The van der Waals surface area contributed by atoms with Gasteiger partial charge in [-0.1, -0.05) is 17.7 Å². The molecule has 3 aromatic rings. The lowest BCUT2D eigenvalue weighted by Gasteiger charge is -2.28. The minimum absolute atomic E-state index is 0.0608. The molecule has 0 unspecified atom stereocenters. The molecule has 36 heavy (non-hydrogen) atoms. The highest BCUT2D eigenvalue weighted by Gasteiger charge is 2.18. The number of aromatic hydroxyl groups is 1. The van der Waals surface area contributed by atoms with Crippen molar-refractivity contribution >= 4 is 41.1 Å². The highest BCUT2D eigenvalue weighted by Crippen LogP contribution is 2.41. The molecule has 0 bridgehead atoms. The Bertz CT molecular complexity index is 1180. The van der Waals surface area contributed by atoms with Crippen LogP contribution in [0.1, 0.15) is 0 Å². The fourth-order valence-electron chi connectivity index (χ4n) is 4.02. The van der Waals surface area contributed by atoms with Gasteiger partial charge in [0.25, 0.3) is 0 Å². The molecular weight excluding hydrogens is 506 g/mol. The van der Waals surface area contributed by atoms with E-state index >= 15 is 0 Å². The fourth-order valence-corrected chi connectivity index (χ4v) is 4.31. The number of anilines is 2. The maximum absolute atomic E-state index is 14.7. The molecule has 10 heteroatoms. The Hall–Kier alpha value is -2.91. The summed E-state index contributed by atoms with van der Waals surface area (Å²) < 4.78 is 19.7. The van der Waals surface area contributed by atoms with E-state index in [1.807, 2.05) is 6.07 Å². The molecule has 0 aliphatic carbocycles. The second-order valence-electron chi connectivity index (χ2n) is 7.95. The molecule has 1 aromatic heterocycles. The van der Waals surface area contributed by atoms with Crippen molar-refractivity contribution in [2.45, 2.75) is 0 Å². The molecule has 0 atom stereocenters. The van der Waals surface area contributed by atoms with Crippen molar-refractivity contribution in [1.82, 2.24) is 10.3 Å². The molecule has 0 spiro atoms. The van der Waals surface area contributed by atoms with Gasteiger partial charge >= 0.3 is 0 Å². The Balaban J connectivity index is 0.00000176. The van der Waals surface area contributed by atoms with E-state index in [1.165, 1.54) is 23.4 Å². The Morgan fingerprint density at radius 1 is 1.14 bits per heavy atom. The molecule has 0 radical (unpaired) electrons. The van der Waals surface area contributed by atoms with Crippen LogP contribution < -0.4 is 15.1 Å². The summed E-state index contributed by atoms with van der Waals surface area (Å²) in [5.74, 6) is 0.231. The van der Waals surface area contributed by atoms with Gasteiger partial charge in [0, 0.05) is 63.5 Å². The highest BCUT2D eigenvalue weighted by atomic mass is 35.5. The third-order valence-corrected chi connectivity index (χ3v) is 6.11. The van der Waals surface area contributed by atoms with Crippen molar-refractivity contribution in [1.29, 1.82) is 0 Å². The number of carbonyl (C=O) groups is 1. The predicted molar refractivity (Wildman–Crippen MR) is 144 cm³/mol. The molecule has 0 saturated carbocycles. The number of nitrogens with zero attached hydrogens (tertiary/aromatic N) is 3. The first-order valence-corrected chi connectivity index (χ1v) is 12.5. The molecule has 1 fully saturated rings. The van der Waals surface area contributed by atoms with Crippen LogP contribution in [0, 0.1) is 5.82 Å². The number of methoxy groups -OCH3 is 1. The average molecular weight is 535 g/mol. The number of halogens is 3. The fraction of sp³-hybridized carbons (Fsp3) is 0.308. The van der Waals surface area contributed by atoms with Gasteiger partial charge in [-0.05, 0) is 47.5 Å². The summed E-state index contributed by atoms with van der Waals surface area (Å²) in [5, 5.41) is 14.7. The van der Waals surface area contributed by atoms with Crippen LogP contribution >= 0.6 is 23.2 Å². The molecule has 7 nitrogen and oxygen atoms in total. The summed E-state index contributed by atoms with van der Waals surface area (Å²) in [6.45, 7) is 4.07. The van der Waals surface area contributed by atoms with Crippen molar-refractivity contribution in [2.75, 3.05) is 62.6 Å². The Morgan fingerprint density at radius 3 is 2.42 bits per heavy atom. The van der Waals surface area contributed by atoms with E-state index in [0.717, 1.165) is 32.0 Å². The van der Waals surface area contributed by atoms with E-state index < -0.39 is 5.82 Å². The lowest BCUT2D eigenvalue weighted by atomic mass is 9.97. The number of alkyl halides is 1. The number of hydrogen-bond acceptors (Lipinski definition) is 6. The van der Waals surface area contributed by atoms with Gasteiger partial charge in [0.2, 0.25) is 6.41 Å². The van der Waals surface area contributed by atoms with Crippen LogP contribution in [0.25, 0.3) is 22.3 Å². The van der Waals surface area contributed by atoms with Crippen LogP contribution in [-0.4, -0.2) is 69.3 Å². The standard InChI is InChI=1S/C25H26ClFN4O3.CH3Cl/c1-34-11-10-31(16-32)23-3-2-17(12-22(23)26)20-14-19(27)15-21(25(20)33)18-4-5-29-24(13-18)30-8-6-28-7-9-30;1-2/h2-5,12-16,28,33H,6-11H2,1H3;1H3. The van der Waals surface area contributed by atoms with Gasteiger partial charge in [0.05, 0.1) is 17.3 Å². The number of carbonyl (C=O) groups excluding carboxylic acids is 1. The predicted octanol–water partition coefficient (Wildman–Crippen LogP) is 4.79. The number of nitrogens with one attached hydrogen (secondary N) is 1. The maximum atomic E-state index is 14.7. The monoisotopic (exact) mass is 534 g/mol. The smallest absolute Gasteiger partial charge is 0.214 e. The van der Waals surface area contributed by atoms with Crippen LogP contribution in [0.5, 0.6) is 5.75 Å². The summed E-state index contributed by atoms with van der Waals surface area (Å²) in [4.78, 5) is 19.5. The summed E-state index contributed by atoms with van der Waals surface area (Å²) >= 11 is 11.1. The number of ether oxygens (including phenoxy) is 1. The number of phenols is 1. The molecule has 1 aliphatic heterocycles. The molecule has 192 valence electrons. The quantitative estimate of drug-likeness (QED) is 0.319. The van der Waals surface area contributed by atoms with Crippen molar-refractivity contribution in [3.63, 3.8) is 0 Å². The zero-order valence-electron chi connectivity index (χ0n) is 20.2. The highest BCUT2D eigenvalue weighted by molar-refractivity contribution is 6.34. The number of rotatable bonds is 8. The number of pyridine rings is 1. The van der Waals surface area contributed by atoms with Gasteiger partial charge in [0.1, 0.15) is 17.4 Å². The third-order valence-electron chi connectivity index (χ3n) is 5.80. The maximum Gasteiger partial charge on any atom is 0.214 e. The SMILES string of the molecule is CCl.COCCN(C=O)c1ccc(-c2cc(F)cc(-c3ccnc(N4CCNCC4)c3)c2O)cc1Cl. The summed E-state index contributed by atoms with van der Waals surface area (Å²) in [7, 11) is 1.55. The lowest BCUT2D eigenvalue weighted by molar-refractivity contribution is -0.107. The van der Waals surface area contributed by atoms with E-state index in [2.05, 4.69) is 26.8 Å². The van der Waals surface area contributed by atoms with Gasteiger partial charge in [-0.15, -0.1) is 11.6 Å². The lowest BCUT2D eigenvalue weighted by Crippen LogP contribution is -2.43. The topological polar surface area (TPSA) is 77.9 Å².